The molecule has 0 spiro atoms. The van der Waals surface area contributed by atoms with Gasteiger partial charge in [0.25, 0.3) is 0 Å². The largest absolute Gasteiger partial charge is 0.378 e. The zero-order chi connectivity index (χ0) is 15.8. The highest BCUT2D eigenvalue weighted by atomic mass is 16.5. The number of benzene rings is 1. The van der Waals surface area contributed by atoms with Crippen molar-refractivity contribution in [1.29, 1.82) is 0 Å². The molecule has 1 aromatic carbocycles. The summed E-state index contributed by atoms with van der Waals surface area (Å²) in [5.74, 6) is 0.0920. The molecule has 0 aromatic heterocycles. The fourth-order valence-corrected chi connectivity index (χ4v) is 2.22. The molecule has 6 nitrogen and oxygen atoms in total. The third-order valence-electron chi connectivity index (χ3n) is 3.45. The average molecular weight is 305 g/mol. The first-order chi connectivity index (χ1) is 10.7. The maximum Gasteiger partial charge on any atom is 0.242 e. The molecule has 22 heavy (non-hydrogen) atoms. The highest BCUT2D eigenvalue weighted by molar-refractivity contribution is 5.90. The second-order valence-electron chi connectivity index (χ2n) is 5.22. The van der Waals surface area contributed by atoms with Crippen LogP contribution in [0.3, 0.4) is 0 Å². The van der Waals surface area contributed by atoms with E-state index in [1.807, 2.05) is 31.2 Å². The van der Waals surface area contributed by atoms with Gasteiger partial charge in [0.2, 0.25) is 11.8 Å². The monoisotopic (exact) mass is 305 g/mol. The van der Waals surface area contributed by atoms with Gasteiger partial charge in [0, 0.05) is 30.9 Å². The minimum Gasteiger partial charge on any atom is -0.378 e. The topological polar surface area (TPSA) is 70.7 Å². The maximum atomic E-state index is 12.0. The van der Waals surface area contributed by atoms with Gasteiger partial charge in [0.15, 0.2) is 0 Å². The van der Waals surface area contributed by atoms with E-state index in [2.05, 4.69) is 10.6 Å². The fraction of sp³-hybridized carbons (Fsp3) is 0.500. The van der Waals surface area contributed by atoms with Crippen LogP contribution in [0, 0.1) is 0 Å². The molecule has 1 aliphatic rings. The van der Waals surface area contributed by atoms with Crippen LogP contribution in [0.25, 0.3) is 0 Å². The van der Waals surface area contributed by atoms with Crippen molar-refractivity contribution in [2.75, 3.05) is 43.5 Å². The smallest absolute Gasteiger partial charge is 0.242 e. The van der Waals surface area contributed by atoms with E-state index in [9.17, 15) is 9.59 Å². The van der Waals surface area contributed by atoms with Crippen LogP contribution in [-0.2, 0) is 14.3 Å². The van der Waals surface area contributed by atoms with Gasteiger partial charge >= 0.3 is 0 Å². The van der Waals surface area contributed by atoms with Crippen molar-refractivity contribution in [2.24, 2.45) is 0 Å². The molecule has 2 amide bonds. The van der Waals surface area contributed by atoms with Crippen LogP contribution in [0.2, 0.25) is 0 Å². The lowest BCUT2D eigenvalue weighted by molar-refractivity contribution is -0.133. The van der Waals surface area contributed by atoms with Crippen LogP contribution in [0.5, 0.6) is 0 Å². The Bertz CT molecular complexity index is 496. The molecular weight excluding hydrogens is 282 g/mol. The second kappa shape index (κ2) is 8.38. The van der Waals surface area contributed by atoms with Crippen LogP contribution in [-0.4, -0.2) is 49.6 Å². The Kier molecular flexibility index (Phi) is 6.21. The zero-order valence-corrected chi connectivity index (χ0v) is 12.9. The molecule has 2 N–H and O–H groups in total. The molecule has 0 radical (unpaired) electrons. The average Bonchev–Trinajstić information content (AvgIpc) is 2.55. The number of carbonyl (C=O) groups is 2. The van der Waals surface area contributed by atoms with E-state index in [0.717, 1.165) is 17.8 Å². The molecule has 1 heterocycles. The van der Waals surface area contributed by atoms with Gasteiger partial charge < -0.3 is 20.3 Å². The summed E-state index contributed by atoms with van der Waals surface area (Å²) < 4.78 is 5.23. The molecule has 0 atom stereocenters. The predicted molar refractivity (Wildman–Crippen MR) is 85.9 cm³/mol. The van der Waals surface area contributed by atoms with Gasteiger partial charge in [0.05, 0.1) is 19.8 Å². The van der Waals surface area contributed by atoms with Crippen LogP contribution in [0.15, 0.2) is 24.3 Å². The third-order valence-corrected chi connectivity index (χ3v) is 3.45. The van der Waals surface area contributed by atoms with Crippen molar-refractivity contribution < 1.29 is 14.3 Å². The van der Waals surface area contributed by atoms with Crippen LogP contribution >= 0.6 is 0 Å². The molecule has 1 fully saturated rings. The highest BCUT2D eigenvalue weighted by Crippen LogP contribution is 2.14. The Morgan fingerprint density at radius 2 is 1.77 bits per heavy atom. The number of carbonyl (C=O) groups excluding carboxylic acids is 2. The normalized spacial score (nSPS) is 14.5. The Balaban J connectivity index is 1.78. The van der Waals surface area contributed by atoms with Crippen LogP contribution in [0.1, 0.15) is 19.8 Å². The standard InChI is InChI=1S/C16H23N3O3/c1-2-3-15(20)18-14-6-4-13(5-7-14)17-12-16(21)19-8-10-22-11-9-19/h4-7,17H,2-3,8-12H2,1H3,(H,18,20). The first-order valence-electron chi connectivity index (χ1n) is 7.68. The number of nitrogens with one attached hydrogen (secondary N) is 2. The van der Waals surface area contributed by atoms with Crippen molar-refractivity contribution in [3.05, 3.63) is 24.3 Å². The van der Waals surface area contributed by atoms with E-state index in [-0.39, 0.29) is 18.4 Å². The van der Waals surface area contributed by atoms with Crippen molar-refractivity contribution in [3.8, 4) is 0 Å². The zero-order valence-electron chi connectivity index (χ0n) is 12.9. The predicted octanol–water partition coefficient (Wildman–Crippen LogP) is 1.70. The molecule has 0 saturated carbocycles. The number of amides is 2. The Morgan fingerprint density at radius 3 is 2.41 bits per heavy atom. The number of nitrogens with zero attached hydrogens (tertiary/aromatic N) is 1. The lowest BCUT2D eigenvalue weighted by Gasteiger charge is -2.27. The number of hydrogen-bond acceptors (Lipinski definition) is 4. The maximum absolute atomic E-state index is 12.0. The van der Waals surface area contributed by atoms with E-state index in [1.165, 1.54) is 0 Å². The van der Waals surface area contributed by atoms with Crippen LogP contribution in [0.4, 0.5) is 11.4 Å². The van der Waals surface area contributed by atoms with Crippen molar-refractivity contribution >= 4 is 23.2 Å². The molecule has 6 heteroatoms. The quantitative estimate of drug-likeness (QED) is 0.839. The van der Waals surface area contributed by atoms with E-state index in [4.69, 9.17) is 4.74 Å². The number of hydrogen-bond donors (Lipinski definition) is 2. The summed E-state index contributed by atoms with van der Waals surface area (Å²) in [5.41, 5.74) is 1.62. The van der Waals surface area contributed by atoms with Crippen molar-refractivity contribution in [2.45, 2.75) is 19.8 Å². The van der Waals surface area contributed by atoms with Gasteiger partial charge in [-0.25, -0.2) is 0 Å². The van der Waals surface area contributed by atoms with E-state index in [1.54, 1.807) is 4.90 Å². The number of anilines is 2. The summed E-state index contributed by atoms with van der Waals surface area (Å²) in [6.45, 7) is 4.77. The minimum absolute atomic E-state index is 0.0192. The molecule has 2 rings (SSSR count). The summed E-state index contributed by atoms with van der Waals surface area (Å²) >= 11 is 0. The lowest BCUT2D eigenvalue weighted by Crippen LogP contribution is -2.43. The van der Waals surface area contributed by atoms with Gasteiger partial charge in [-0.1, -0.05) is 6.92 Å². The Labute approximate surface area is 130 Å². The SMILES string of the molecule is CCCC(=O)Nc1ccc(NCC(=O)N2CCOCC2)cc1. The minimum atomic E-state index is 0.0192. The van der Waals surface area contributed by atoms with Gasteiger partial charge in [-0.3, -0.25) is 9.59 Å². The number of morpholine rings is 1. The first-order valence-corrected chi connectivity index (χ1v) is 7.68. The summed E-state index contributed by atoms with van der Waals surface area (Å²) in [7, 11) is 0. The van der Waals surface area contributed by atoms with Crippen molar-refractivity contribution in [3.63, 3.8) is 0 Å². The molecule has 0 bridgehead atoms. The molecule has 0 unspecified atom stereocenters. The Morgan fingerprint density at radius 1 is 1.14 bits per heavy atom. The third kappa shape index (κ3) is 5.04. The summed E-state index contributed by atoms with van der Waals surface area (Å²) in [4.78, 5) is 25.3. The Hall–Kier alpha value is -2.08. The molecule has 120 valence electrons. The summed E-state index contributed by atoms with van der Waals surface area (Å²) in [5, 5.41) is 5.93. The highest BCUT2D eigenvalue weighted by Gasteiger charge is 2.16. The molecule has 1 aromatic rings. The van der Waals surface area contributed by atoms with Gasteiger partial charge in [-0.05, 0) is 30.7 Å². The number of ether oxygens (including phenoxy) is 1. The fourth-order valence-electron chi connectivity index (χ4n) is 2.22. The van der Waals surface area contributed by atoms with Gasteiger partial charge in [0.1, 0.15) is 0 Å². The first kappa shape index (κ1) is 16.3. The molecule has 0 aliphatic carbocycles. The molecule has 1 saturated heterocycles. The number of rotatable bonds is 6. The van der Waals surface area contributed by atoms with E-state index < -0.39 is 0 Å². The van der Waals surface area contributed by atoms with Gasteiger partial charge in [-0.15, -0.1) is 0 Å². The lowest BCUT2D eigenvalue weighted by atomic mass is 10.2. The van der Waals surface area contributed by atoms with Crippen LogP contribution < -0.4 is 10.6 Å². The summed E-state index contributed by atoms with van der Waals surface area (Å²) in [6.07, 6.45) is 1.35. The summed E-state index contributed by atoms with van der Waals surface area (Å²) in [6, 6.07) is 7.37. The van der Waals surface area contributed by atoms with E-state index in [0.29, 0.717) is 32.7 Å². The van der Waals surface area contributed by atoms with Gasteiger partial charge in [-0.2, -0.15) is 0 Å². The van der Waals surface area contributed by atoms with E-state index >= 15 is 0 Å². The second-order valence-corrected chi connectivity index (χ2v) is 5.22. The molecule has 1 aliphatic heterocycles. The molecular formula is C16H23N3O3. The van der Waals surface area contributed by atoms with Crippen molar-refractivity contribution in [1.82, 2.24) is 4.90 Å².